The Labute approximate surface area is 142 Å². The van der Waals surface area contributed by atoms with Gasteiger partial charge in [-0.1, -0.05) is 56.4 Å². The molecule has 0 rings (SSSR count). The van der Waals surface area contributed by atoms with Crippen LogP contribution in [0.3, 0.4) is 0 Å². The van der Waals surface area contributed by atoms with Crippen molar-refractivity contribution >= 4 is 5.78 Å². The monoisotopic (exact) mass is 313 g/mol. The molecule has 0 saturated heterocycles. The number of allylic oxidation sites excluding steroid dienone is 7. The maximum absolute atomic E-state index is 11.3. The Morgan fingerprint density at radius 1 is 1.26 bits per heavy atom. The molecule has 0 radical (unpaired) electrons. The average molecular weight is 313 g/mol. The molecule has 2 heteroatoms. The minimum Gasteiger partial charge on any atom is -0.300 e. The van der Waals surface area contributed by atoms with Crippen LogP contribution >= 0.6 is 0 Å². The molecule has 0 aromatic carbocycles. The van der Waals surface area contributed by atoms with Gasteiger partial charge in [-0.25, -0.2) is 0 Å². The second-order valence-electron chi connectivity index (χ2n) is 6.03. The van der Waals surface area contributed by atoms with E-state index in [1.807, 2.05) is 24.3 Å². The molecular weight excluding hydrogens is 282 g/mol. The number of ketones is 1. The molecule has 0 aliphatic rings. The van der Waals surface area contributed by atoms with Gasteiger partial charge in [0.1, 0.15) is 5.78 Å². The lowest BCUT2D eigenvalue weighted by Crippen LogP contribution is -2.25. The van der Waals surface area contributed by atoms with Gasteiger partial charge < -0.3 is 4.79 Å². The van der Waals surface area contributed by atoms with Gasteiger partial charge in [-0.3, -0.25) is 0 Å². The molecule has 0 aliphatic carbocycles. The minimum absolute atomic E-state index is 0.131. The summed E-state index contributed by atoms with van der Waals surface area (Å²) in [6.45, 7) is 9.47. The molecule has 23 heavy (non-hydrogen) atoms. The number of carbonyl (C=O) groups excluding carboxylic acids is 1. The second kappa shape index (κ2) is 12.6. The molecule has 0 aromatic heterocycles. The Bertz CT molecular complexity index is 479. The van der Waals surface area contributed by atoms with E-state index >= 15 is 0 Å². The largest absolute Gasteiger partial charge is 0.300 e. The number of hydrogen-bond acceptors (Lipinski definition) is 2. The number of Topliss-reactive ketones (excluding diaryl/α,β-unsaturated/α-hetero) is 1. The van der Waals surface area contributed by atoms with E-state index in [1.165, 1.54) is 0 Å². The number of rotatable bonds is 12. The van der Waals surface area contributed by atoms with Gasteiger partial charge in [0.15, 0.2) is 0 Å². The smallest absolute Gasteiger partial charge is 0.129 e. The molecule has 0 heterocycles. The Hall–Kier alpha value is -1.88. The van der Waals surface area contributed by atoms with Crippen LogP contribution in [0.5, 0.6) is 0 Å². The van der Waals surface area contributed by atoms with Gasteiger partial charge >= 0.3 is 0 Å². The zero-order chi connectivity index (χ0) is 17.6. The molecule has 0 amide bonds. The van der Waals surface area contributed by atoms with Crippen LogP contribution < -0.4 is 0 Å². The van der Waals surface area contributed by atoms with Crippen LogP contribution in [0.25, 0.3) is 0 Å². The average Bonchev–Trinajstić information content (AvgIpc) is 2.54. The molecule has 2 atom stereocenters. The number of hydrogen-bond donors (Lipinski definition) is 0. The van der Waals surface area contributed by atoms with Crippen LogP contribution in [0.4, 0.5) is 0 Å². The maximum Gasteiger partial charge on any atom is 0.129 e. The summed E-state index contributed by atoms with van der Waals surface area (Å²) in [6.07, 6.45) is 19.0. The SMILES string of the molecule is C=CCC/C=C\CC(C#N)(/C=C/C=C\CC)C(C)CCC(C)=O. The molecule has 2 unspecified atom stereocenters. The van der Waals surface area contributed by atoms with Crippen LogP contribution in [-0.2, 0) is 4.79 Å². The van der Waals surface area contributed by atoms with Gasteiger partial charge in [-0.05, 0) is 44.9 Å². The molecule has 126 valence electrons. The molecule has 2 nitrogen and oxygen atoms in total. The van der Waals surface area contributed by atoms with Crippen LogP contribution in [0, 0.1) is 22.7 Å². The van der Waals surface area contributed by atoms with Crippen molar-refractivity contribution in [1.82, 2.24) is 0 Å². The maximum atomic E-state index is 11.3. The number of nitrogens with zero attached hydrogens (tertiary/aromatic N) is 1. The first-order chi connectivity index (χ1) is 11.0. The van der Waals surface area contributed by atoms with Gasteiger partial charge in [-0.15, -0.1) is 6.58 Å². The molecule has 0 aliphatic heterocycles. The summed E-state index contributed by atoms with van der Waals surface area (Å²) < 4.78 is 0. The van der Waals surface area contributed by atoms with E-state index in [0.717, 1.165) is 25.7 Å². The highest BCUT2D eigenvalue weighted by molar-refractivity contribution is 5.75. The highest BCUT2D eigenvalue weighted by atomic mass is 16.1. The van der Waals surface area contributed by atoms with Gasteiger partial charge in [0, 0.05) is 6.42 Å². The van der Waals surface area contributed by atoms with Gasteiger partial charge in [-0.2, -0.15) is 5.26 Å². The lowest BCUT2D eigenvalue weighted by molar-refractivity contribution is -0.117. The lowest BCUT2D eigenvalue weighted by Gasteiger charge is -2.29. The van der Waals surface area contributed by atoms with Crippen LogP contribution in [0.15, 0.2) is 49.1 Å². The molecule has 0 saturated carbocycles. The third kappa shape index (κ3) is 8.98. The van der Waals surface area contributed by atoms with Crippen LogP contribution in [-0.4, -0.2) is 5.78 Å². The van der Waals surface area contributed by atoms with Crippen LogP contribution in [0.2, 0.25) is 0 Å². The highest BCUT2D eigenvalue weighted by Crippen LogP contribution is 2.36. The third-order valence-corrected chi connectivity index (χ3v) is 4.05. The van der Waals surface area contributed by atoms with Crippen molar-refractivity contribution < 1.29 is 4.79 Å². The van der Waals surface area contributed by atoms with E-state index in [-0.39, 0.29) is 11.7 Å². The topological polar surface area (TPSA) is 40.9 Å². The van der Waals surface area contributed by atoms with Crippen molar-refractivity contribution in [3.05, 3.63) is 49.1 Å². The number of nitriles is 1. The van der Waals surface area contributed by atoms with Gasteiger partial charge in [0.05, 0.1) is 11.5 Å². The second-order valence-corrected chi connectivity index (χ2v) is 6.03. The summed E-state index contributed by atoms with van der Waals surface area (Å²) in [5.41, 5.74) is -0.557. The molecule has 0 fully saturated rings. The Kier molecular flexibility index (Phi) is 11.6. The van der Waals surface area contributed by atoms with Crippen molar-refractivity contribution in [3.63, 3.8) is 0 Å². The number of carbonyl (C=O) groups is 1. The summed E-state index contributed by atoms with van der Waals surface area (Å²) in [4.78, 5) is 11.3. The fourth-order valence-corrected chi connectivity index (χ4v) is 2.36. The fraction of sp³-hybridized carbons (Fsp3) is 0.524. The van der Waals surface area contributed by atoms with Crippen molar-refractivity contribution in [2.24, 2.45) is 11.3 Å². The van der Waals surface area contributed by atoms with Crippen molar-refractivity contribution in [2.75, 3.05) is 0 Å². The third-order valence-electron chi connectivity index (χ3n) is 4.05. The van der Waals surface area contributed by atoms with E-state index in [9.17, 15) is 10.1 Å². The van der Waals surface area contributed by atoms with Gasteiger partial charge in [0.2, 0.25) is 0 Å². The summed E-state index contributed by atoms with van der Waals surface area (Å²) in [5, 5.41) is 9.81. The first-order valence-electron chi connectivity index (χ1n) is 8.53. The normalized spacial score (nSPS) is 15.7. The van der Waals surface area contributed by atoms with Crippen molar-refractivity contribution in [1.29, 1.82) is 5.26 Å². The fourth-order valence-electron chi connectivity index (χ4n) is 2.36. The lowest BCUT2D eigenvalue weighted by atomic mass is 9.72. The molecule has 0 aromatic rings. The first-order valence-corrected chi connectivity index (χ1v) is 8.53. The summed E-state index contributed by atoms with van der Waals surface area (Å²) in [5.74, 6) is 0.312. The molecule has 0 N–H and O–H groups in total. The predicted molar refractivity (Wildman–Crippen MR) is 98.9 cm³/mol. The van der Waals surface area contributed by atoms with E-state index in [0.29, 0.717) is 12.8 Å². The number of unbranched alkanes of at least 4 members (excludes halogenated alkanes) is 1. The molecule has 0 bridgehead atoms. The summed E-state index contributed by atoms with van der Waals surface area (Å²) >= 11 is 0. The summed E-state index contributed by atoms with van der Waals surface area (Å²) in [7, 11) is 0. The van der Waals surface area contributed by atoms with Crippen molar-refractivity contribution in [2.45, 2.75) is 59.3 Å². The van der Waals surface area contributed by atoms with E-state index in [1.54, 1.807) is 6.92 Å². The minimum atomic E-state index is -0.557. The van der Waals surface area contributed by atoms with E-state index in [4.69, 9.17) is 0 Å². The Morgan fingerprint density at radius 2 is 2.00 bits per heavy atom. The van der Waals surface area contributed by atoms with E-state index in [2.05, 4.69) is 44.7 Å². The van der Waals surface area contributed by atoms with Gasteiger partial charge in [0.25, 0.3) is 0 Å². The van der Waals surface area contributed by atoms with Crippen molar-refractivity contribution in [3.8, 4) is 6.07 Å². The first kappa shape index (κ1) is 21.1. The zero-order valence-corrected chi connectivity index (χ0v) is 14.9. The molecule has 0 spiro atoms. The quantitative estimate of drug-likeness (QED) is 0.254. The zero-order valence-electron chi connectivity index (χ0n) is 14.9. The Morgan fingerprint density at radius 3 is 2.57 bits per heavy atom. The highest BCUT2D eigenvalue weighted by Gasteiger charge is 2.32. The summed E-state index contributed by atoms with van der Waals surface area (Å²) in [6, 6.07) is 2.50. The molecular formula is C21H31NO. The Balaban J connectivity index is 5.12. The predicted octanol–water partition coefficient (Wildman–Crippen LogP) is 5.94. The standard InChI is InChI=1S/C21H31NO/c1-5-7-9-11-13-17-21(18-22,16-12-10-8-6-2)19(3)14-15-20(4)23/h5,8,10-13,16,19H,1,6-7,9,14-15,17H2,2-4H3/b10-8-,13-11-,16-12+. The van der Waals surface area contributed by atoms with Crippen LogP contribution in [0.1, 0.15) is 59.3 Å². The van der Waals surface area contributed by atoms with E-state index < -0.39 is 5.41 Å².